The van der Waals surface area contributed by atoms with Crippen LogP contribution in [-0.2, 0) is 14.3 Å². The summed E-state index contributed by atoms with van der Waals surface area (Å²) < 4.78 is 5.93. The van der Waals surface area contributed by atoms with Crippen molar-refractivity contribution in [3.63, 3.8) is 0 Å². The van der Waals surface area contributed by atoms with Crippen LogP contribution in [0.4, 0.5) is 0 Å². The molecule has 1 amide bonds. The molecule has 0 bridgehead atoms. The monoisotopic (exact) mass is 846 g/mol. The van der Waals surface area contributed by atoms with Gasteiger partial charge < -0.3 is 20.3 Å². The lowest BCUT2D eigenvalue weighted by Gasteiger charge is -2.24. The highest BCUT2D eigenvalue weighted by Crippen LogP contribution is 2.18. The van der Waals surface area contributed by atoms with Gasteiger partial charge in [0.15, 0.2) is 0 Å². The first-order chi connectivity index (χ1) is 29.5. The molecule has 60 heavy (non-hydrogen) atoms. The number of amides is 1. The highest BCUT2D eigenvalue weighted by Gasteiger charge is 2.24. The van der Waals surface area contributed by atoms with Crippen LogP contribution in [0.5, 0.6) is 0 Å². The summed E-state index contributed by atoms with van der Waals surface area (Å²) in [6, 6.07) is -0.701. The lowest BCUT2D eigenvalue weighted by atomic mass is 10.0. The molecule has 0 aromatic heterocycles. The molecule has 0 saturated heterocycles. The number of carbonyl (C=O) groups excluding carboxylic acids is 2. The molecule has 0 aliphatic rings. The predicted molar refractivity (Wildman–Crippen MR) is 260 cm³/mol. The third-order valence-electron chi connectivity index (χ3n) is 12.3. The average Bonchev–Trinajstić information content (AvgIpc) is 3.24. The molecule has 0 aromatic rings. The number of carbonyl (C=O) groups is 2. The molecule has 0 aromatic carbocycles. The third-order valence-corrected chi connectivity index (χ3v) is 12.3. The van der Waals surface area contributed by atoms with E-state index in [1.54, 1.807) is 0 Å². The predicted octanol–water partition coefficient (Wildman–Crippen LogP) is 15.9. The highest BCUT2D eigenvalue weighted by molar-refractivity contribution is 5.77. The van der Waals surface area contributed by atoms with E-state index in [-0.39, 0.29) is 24.9 Å². The number of esters is 1. The van der Waals surface area contributed by atoms with E-state index in [1.807, 2.05) is 0 Å². The minimum Gasteiger partial charge on any atom is -0.462 e. The maximum atomic E-state index is 13.2. The van der Waals surface area contributed by atoms with E-state index in [9.17, 15) is 19.8 Å². The number of nitrogens with one attached hydrogen (secondary N) is 1. The minimum absolute atomic E-state index is 0.0732. The summed E-state index contributed by atoms with van der Waals surface area (Å²) >= 11 is 0. The number of hydrogen-bond donors (Lipinski definition) is 3. The van der Waals surface area contributed by atoms with Gasteiger partial charge in [0.25, 0.3) is 0 Å². The van der Waals surface area contributed by atoms with Gasteiger partial charge in [-0.2, -0.15) is 0 Å². The molecule has 3 atom stereocenters. The molecule has 354 valence electrons. The third kappa shape index (κ3) is 43.0. The zero-order valence-electron chi connectivity index (χ0n) is 40.4. The van der Waals surface area contributed by atoms with Gasteiger partial charge in [-0.15, -0.1) is 0 Å². The van der Waals surface area contributed by atoms with Crippen LogP contribution < -0.4 is 5.32 Å². The summed E-state index contributed by atoms with van der Waals surface area (Å²) in [7, 11) is 0. The fraction of sp³-hybridized carbons (Fsp3) is 0.889. The Morgan fingerprint density at radius 1 is 0.500 bits per heavy atom. The SMILES string of the molecule is CC/C=C/C/C=C/CCCCCCCC(CC(=O)NC(CO)C(O)CCCCCCCCCCCCC)OC(=O)CCCCCCCCCCCCCCCCCCCC. The van der Waals surface area contributed by atoms with E-state index < -0.39 is 18.2 Å². The summed E-state index contributed by atoms with van der Waals surface area (Å²) in [6.07, 6.45) is 55.3. The molecule has 0 saturated carbocycles. The van der Waals surface area contributed by atoms with Crippen molar-refractivity contribution in [1.29, 1.82) is 0 Å². The molecule has 0 aliphatic heterocycles. The summed E-state index contributed by atoms with van der Waals surface area (Å²) in [5.41, 5.74) is 0. The zero-order chi connectivity index (χ0) is 43.8. The molecule has 0 fully saturated rings. The Balaban J connectivity index is 4.48. The molecule has 6 nitrogen and oxygen atoms in total. The molecule has 0 rings (SSSR count). The average molecular weight is 846 g/mol. The van der Waals surface area contributed by atoms with Gasteiger partial charge in [-0.3, -0.25) is 9.59 Å². The molecule has 6 heteroatoms. The van der Waals surface area contributed by atoms with E-state index in [0.29, 0.717) is 19.3 Å². The first-order valence-electron chi connectivity index (χ1n) is 26.6. The van der Waals surface area contributed by atoms with Crippen molar-refractivity contribution in [2.45, 2.75) is 302 Å². The Kier molecular flexibility index (Phi) is 47.0. The van der Waals surface area contributed by atoms with Crippen LogP contribution in [-0.4, -0.2) is 46.9 Å². The van der Waals surface area contributed by atoms with E-state index in [4.69, 9.17) is 4.74 Å². The Labute approximate surface area is 373 Å². The van der Waals surface area contributed by atoms with Gasteiger partial charge in [0, 0.05) is 6.42 Å². The summed E-state index contributed by atoms with van der Waals surface area (Å²) in [5, 5.41) is 23.7. The van der Waals surface area contributed by atoms with Gasteiger partial charge in [0.05, 0.1) is 25.2 Å². The van der Waals surface area contributed by atoms with Crippen molar-refractivity contribution in [2.24, 2.45) is 0 Å². The van der Waals surface area contributed by atoms with Crippen molar-refractivity contribution in [3.8, 4) is 0 Å². The number of aliphatic hydroxyl groups excluding tert-OH is 2. The number of ether oxygens (including phenoxy) is 1. The number of rotatable bonds is 48. The number of aliphatic hydroxyl groups is 2. The van der Waals surface area contributed by atoms with Crippen LogP contribution in [0.3, 0.4) is 0 Å². The number of unbranched alkanes of at least 4 members (excludes halogenated alkanes) is 32. The van der Waals surface area contributed by atoms with Crippen LogP contribution in [0, 0.1) is 0 Å². The minimum atomic E-state index is -0.786. The lowest BCUT2D eigenvalue weighted by molar-refractivity contribution is -0.151. The van der Waals surface area contributed by atoms with E-state index in [1.165, 1.54) is 167 Å². The van der Waals surface area contributed by atoms with Crippen LogP contribution in [0.15, 0.2) is 24.3 Å². The second-order valence-corrected chi connectivity index (χ2v) is 18.3. The molecule has 3 N–H and O–H groups in total. The summed E-state index contributed by atoms with van der Waals surface area (Å²) in [4.78, 5) is 26.1. The van der Waals surface area contributed by atoms with Crippen LogP contribution in [0.2, 0.25) is 0 Å². The van der Waals surface area contributed by atoms with Crippen molar-refractivity contribution < 1.29 is 24.5 Å². The van der Waals surface area contributed by atoms with Crippen LogP contribution in [0.25, 0.3) is 0 Å². The van der Waals surface area contributed by atoms with Gasteiger partial charge in [-0.25, -0.2) is 0 Å². The molecule has 0 heterocycles. The Hall–Kier alpha value is -1.66. The first-order valence-corrected chi connectivity index (χ1v) is 26.6. The molecule has 0 radical (unpaired) electrons. The Bertz CT molecular complexity index is 950. The second-order valence-electron chi connectivity index (χ2n) is 18.3. The van der Waals surface area contributed by atoms with Gasteiger partial charge in [0.1, 0.15) is 6.10 Å². The molecule has 0 aliphatic carbocycles. The van der Waals surface area contributed by atoms with Gasteiger partial charge in [-0.05, 0) is 51.4 Å². The smallest absolute Gasteiger partial charge is 0.306 e. The topological polar surface area (TPSA) is 95.9 Å². The van der Waals surface area contributed by atoms with E-state index >= 15 is 0 Å². The first kappa shape index (κ1) is 58.3. The zero-order valence-corrected chi connectivity index (χ0v) is 40.4. The molecular weight excluding hydrogens is 743 g/mol. The standard InChI is InChI=1S/C54H103NO5/c1-4-7-10-13-16-19-22-24-25-26-27-28-29-32-35-38-41-44-47-54(59)60-50(45-42-39-36-33-31-23-20-17-14-11-8-5-2)48-53(58)55-51(49-56)52(57)46-43-40-37-34-30-21-18-15-12-9-6-3/h8,11,17,20,50-52,56-57H,4-7,9-10,12-16,18-19,21-49H2,1-3H3,(H,55,58)/b11-8+,20-17+. The summed E-state index contributed by atoms with van der Waals surface area (Å²) in [6.45, 7) is 6.39. The second kappa shape index (κ2) is 48.4. The van der Waals surface area contributed by atoms with E-state index in [2.05, 4.69) is 50.4 Å². The molecule has 0 spiro atoms. The van der Waals surface area contributed by atoms with Gasteiger partial charge >= 0.3 is 5.97 Å². The molecule has 3 unspecified atom stereocenters. The quantitative estimate of drug-likeness (QED) is 0.0322. The fourth-order valence-electron chi connectivity index (χ4n) is 8.29. The van der Waals surface area contributed by atoms with Crippen molar-refractivity contribution in [1.82, 2.24) is 5.32 Å². The van der Waals surface area contributed by atoms with E-state index in [0.717, 1.165) is 70.6 Å². The number of allylic oxidation sites excluding steroid dienone is 4. The van der Waals surface area contributed by atoms with Crippen LogP contribution >= 0.6 is 0 Å². The van der Waals surface area contributed by atoms with Crippen molar-refractivity contribution in [2.75, 3.05) is 6.61 Å². The largest absolute Gasteiger partial charge is 0.462 e. The van der Waals surface area contributed by atoms with Crippen LogP contribution in [0.1, 0.15) is 284 Å². The molecular formula is C54H103NO5. The summed E-state index contributed by atoms with van der Waals surface area (Å²) in [5.74, 6) is -0.473. The number of hydrogen-bond acceptors (Lipinski definition) is 5. The van der Waals surface area contributed by atoms with Crippen molar-refractivity contribution in [3.05, 3.63) is 24.3 Å². The lowest BCUT2D eigenvalue weighted by Crippen LogP contribution is -2.46. The maximum absolute atomic E-state index is 13.2. The maximum Gasteiger partial charge on any atom is 0.306 e. The highest BCUT2D eigenvalue weighted by atomic mass is 16.5. The van der Waals surface area contributed by atoms with Gasteiger partial charge in [0.2, 0.25) is 5.91 Å². The van der Waals surface area contributed by atoms with Crippen molar-refractivity contribution >= 4 is 11.9 Å². The Morgan fingerprint density at radius 2 is 0.900 bits per heavy atom. The van der Waals surface area contributed by atoms with Gasteiger partial charge in [-0.1, -0.05) is 244 Å². The normalized spacial score (nSPS) is 13.3. The Morgan fingerprint density at radius 3 is 1.35 bits per heavy atom. The fourth-order valence-corrected chi connectivity index (χ4v) is 8.29.